The SMILES string of the molecule is CCOCC(COc1c(Br)cc(C(C)(C)c2cc(Br)c(OCC(COCC)OC(=O)CC(c3ccc(Cl)cc3)(c3ccc(Cl)cc3)c3ccc(Cl)cc3)c(Br)c2)cc1Br)OC(=O)CC(c1ccc(Cl)cc1)(c1ccc(Cl)cc1)c1ccc(Cl)cc1. The largest absolute Gasteiger partial charge is 0.487 e. The van der Waals surface area contributed by atoms with Crippen molar-refractivity contribution in [1.29, 1.82) is 0 Å². The maximum atomic E-state index is 14.5. The van der Waals surface area contributed by atoms with Crippen LogP contribution in [0, 0.1) is 0 Å². The summed E-state index contributed by atoms with van der Waals surface area (Å²) in [6.45, 7) is 8.89. The Morgan fingerprint density at radius 2 is 0.600 bits per heavy atom. The molecule has 2 atom stereocenters. The van der Waals surface area contributed by atoms with Gasteiger partial charge in [-0.05, 0) is 219 Å². The van der Waals surface area contributed by atoms with Crippen LogP contribution < -0.4 is 9.47 Å². The number of esters is 2. The molecule has 0 aliphatic heterocycles. The first-order chi connectivity index (χ1) is 40.7. The van der Waals surface area contributed by atoms with Gasteiger partial charge in [-0.1, -0.05) is 156 Å². The molecule has 0 amide bonds. The Kier molecular flexibility index (Phi) is 23.9. The third kappa shape index (κ3) is 16.4. The molecule has 0 heterocycles. The second-order valence-corrected chi connectivity index (χ2v) is 26.6. The zero-order chi connectivity index (χ0) is 61.1. The summed E-state index contributed by atoms with van der Waals surface area (Å²) in [5, 5.41) is 3.32. The van der Waals surface area contributed by atoms with Gasteiger partial charge in [0.25, 0.3) is 0 Å². The molecule has 444 valence electrons. The summed E-state index contributed by atoms with van der Waals surface area (Å²) in [5.74, 6) is 0.0438. The molecule has 8 rings (SSSR count). The molecule has 0 aromatic heterocycles. The lowest BCUT2D eigenvalue weighted by molar-refractivity contribution is -0.155. The first-order valence-corrected chi connectivity index (χ1v) is 32.5. The number of halogens is 10. The first-order valence-electron chi connectivity index (χ1n) is 27.0. The predicted octanol–water partition coefficient (Wildman–Crippen LogP) is 20.5. The fourth-order valence-electron chi connectivity index (χ4n) is 10.3. The van der Waals surface area contributed by atoms with E-state index in [-0.39, 0.29) is 39.3 Å². The standard InChI is InChI=1S/C67H58Br4Cl6O8/c1-5-80-37-55(84-61(78)35-66(41-7-19-49(72)20-8-41,42-9-21-50(73)22-10-42)43-11-23-51(74)24-12-43)39-82-63-57(68)31-47(32-58(63)69)65(3,4)48-33-59(70)64(60(71)34-48)83-40-56(38-81-6-2)85-62(79)36-67(44-13-25-52(75)26-14-44,45-15-27-53(76)28-16-45)46-17-29-54(77)30-18-46/h7-34,55-56H,5-6,35-40H2,1-4H3. The number of ether oxygens (including phenoxy) is 6. The predicted molar refractivity (Wildman–Crippen MR) is 357 cm³/mol. The molecule has 2 unspecified atom stereocenters. The molecule has 0 saturated carbocycles. The lowest BCUT2D eigenvalue weighted by atomic mass is 9.67. The van der Waals surface area contributed by atoms with Crippen molar-refractivity contribution in [2.24, 2.45) is 0 Å². The molecule has 0 bridgehead atoms. The molecule has 8 nitrogen and oxygen atoms in total. The highest BCUT2D eigenvalue weighted by molar-refractivity contribution is 9.11. The van der Waals surface area contributed by atoms with Crippen LogP contribution in [0.5, 0.6) is 11.5 Å². The van der Waals surface area contributed by atoms with Gasteiger partial charge in [0.15, 0.2) is 12.2 Å². The van der Waals surface area contributed by atoms with E-state index in [4.69, 9.17) is 98.0 Å². The molecule has 0 aliphatic carbocycles. The van der Waals surface area contributed by atoms with Crippen molar-refractivity contribution in [3.05, 3.63) is 262 Å². The summed E-state index contributed by atoms with van der Waals surface area (Å²) in [6.07, 6.45) is -1.77. The molecule has 0 fully saturated rings. The summed E-state index contributed by atoms with van der Waals surface area (Å²) in [7, 11) is 0. The van der Waals surface area contributed by atoms with Crippen molar-refractivity contribution in [3.8, 4) is 11.5 Å². The van der Waals surface area contributed by atoms with E-state index >= 15 is 0 Å². The smallest absolute Gasteiger partial charge is 0.307 e. The zero-order valence-electron chi connectivity index (χ0n) is 46.5. The maximum Gasteiger partial charge on any atom is 0.307 e. The minimum absolute atomic E-state index is 0.0233. The van der Waals surface area contributed by atoms with Crippen LogP contribution in [-0.2, 0) is 44.8 Å². The molecule has 18 heteroatoms. The topological polar surface area (TPSA) is 89.5 Å². The van der Waals surface area contributed by atoms with E-state index in [1.807, 2.05) is 111 Å². The number of carbonyl (C=O) groups is 2. The summed E-state index contributed by atoms with van der Waals surface area (Å²) in [5.41, 5.74) is 4.14. The summed E-state index contributed by atoms with van der Waals surface area (Å²) < 4.78 is 39.9. The molecule has 0 spiro atoms. The maximum absolute atomic E-state index is 14.5. The van der Waals surface area contributed by atoms with Gasteiger partial charge in [0.1, 0.15) is 24.7 Å². The number of benzene rings is 8. The van der Waals surface area contributed by atoms with Crippen LogP contribution in [-0.4, -0.2) is 63.8 Å². The molecular formula is C67H58Br4Cl6O8. The van der Waals surface area contributed by atoms with Crippen molar-refractivity contribution in [2.45, 2.75) is 69.0 Å². The Balaban J connectivity index is 0.983. The van der Waals surface area contributed by atoms with Gasteiger partial charge in [0, 0.05) is 48.8 Å². The Hall–Kier alpha value is -4.12. The van der Waals surface area contributed by atoms with Gasteiger partial charge in [-0.15, -0.1) is 0 Å². The van der Waals surface area contributed by atoms with Gasteiger partial charge in [-0.2, -0.15) is 0 Å². The fraction of sp³-hybridized carbons (Fsp3) is 0.254. The highest BCUT2D eigenvalue weighted by Crippen LogP contribution is 2.48. The Bertz CT molecular complexity index is 3050. The van der Waals surface area contributed by atoms with Gasteiger partial charge >= 0.3 is 11.9 Å². The van der Waals surface area contributed by atoms with Crippen molar-refractivity contribution in [1.82, 2.24) is 0 Å². The van der Waals surface area contributed by atoms with Crippen molar-refractivity contribution < 1.29 is 38.0 Å². The van der Waals surface area contributed by atoms with E-state index in [9.17, 15) is 9.59 Å². The van der Waals surface area contributed by atoms with Gasteiger partial charge in [-0.3, -0.25) is 9.59 Å². The number of rotatable bonds is 26. The molecule has 0 aliphatic rings. The number of carbonyl (C=O) groups excluding carboxylic acids is 2. The normalized spacial score (nSPS) is 12.6. The van der Waals surface area contributed by atoms with Crippen LogP contribution in [0.25, 0.3) is 0 Å². The van der Waals surface area contributed by atoms with Crippen molar-refractivity contribution in [3.63, 3.8) is 0 Å². The van der Waals surface area contributed by atoms with Crippen LogP contribution in [0.4, 0.5) is 0 Å². The molecule has 85 heavy (non-hydrogen) atoms. The molecular weight excluding hydrogens is 1470 g/mol. The van der Waals surface area contributed by atoms with E-state index < -0.39 is 40.4 Å². The average molecular weight is 1520 g/mol. The van der Waals surface area contributed by atoms with Gasteiger partial charge in [0.05, 0.1) is 54.8 Å². The van der Waals surface area contributed by atoms with E-state index in [1.54, 1.807) is 72.8 Å². The number of hydrogen-bond acceptors (Lipinski definition) is 8. The van der Waals surface area contributed by atoms with Gasteiger partial charge in [0.2, 0.25) is 0 Å². The Morgan fingerprint density at radius 1 is 0.376 bits per heavy atom. The molecule has 0 N–H and O–H groups in total. The van der Waals surface area contributed by atoms with Crippen molar-refractivity contribution >= 4 is 145 Å². The zero-order valence-corrected chi connectivity index (χ0v) is 57.4. The molecule has 0 saturated heterocycles. The third-order valence-electron chi connectivity index (χ3n) is 14.7. The highest BCUT2D eigenvalue weighted by atomic mass is 79.9. The summed E-state index contributed by atoms with van der Waals surface area (Å²) in [6, 6.07) is 52.5. The molecule has 8 aromatic rings. The molecule has 0 radical (unpaired) electrons. The van der Waals surface area contributed by atoms with E-state index in [2.05, 4.69) is 77.6 Å². The minimum Gasteiger partial charge on any atom is -0.487 e. The van der Waals surface area contributed by atoms with Crippen LogP contribution in [0.3, 0.4) is 0 Å². The van der Waals surface area contributed by atoms with Crippen molar-refractivity contribution in [2.75, 3.05) is 39.6 Å². The second-order valence-electron chi connectivity index (χ2n) is 20.5. The van der Waals surface area contributed by atoms with E-state index in [0.29, 0.717) is 72.7 Å². The van der Waals surface area contributed by atoms with E-state index in [1.165, 1.54) is 0 Å². The second kappa shape index (κ2) is 30.4. The quantitative estimate of drug-likeness (QED) is 0.0391. The number of hydrogen-bond donors (Lipinski definition) is 0. The molecule has 8 aromatic carbocycles. The van der Waals surface area contributed by atoms with Crippen LogP contribution in [0.2, 0.25) is 30.1 Å². The lowest BCUT2D eigenvalue weighted by Crippen LogP contribution is -2.36. The Labute approximate surface area is 560 Å². The van der Waals surface area contributed by atoms with Crippen LogP contribution in [0.15, 0.2) is 188 Å². The lowest BCUT2D eigenvalue weighted by Gasteiger charge is -2.36. The average Bonchev–Trinajstić information content (AvgIpc) is 0.963. The Morgan fingerprint density at radius 3 is 0.812 bits per heavy atom. The van der Waals surface area contributed by atoms with Gasteiger partial charge in [-0.25, -0.2) is 0 Å². The van der Waals surface area contributed by atoms with E-state index in [0.717, 1.165) is 44.5 Å². The highest BCUT2D eigenvalue weighted by Gasteiger charge is 2.42. The summed E-state index contributed by atoms with van der Waals surface area (Å²) >= 11 is 53.6. The fourth-order valence-corrected chi connectivity index (χ4v) is 13.9. The van der Waals surface area contributed by atoms with Crippen LogP contribution >= 0.6 is 133 Å². The van der Waals surface area contributed by atoms with Gasteiger partial charge < -0.3 is 28.4 Å². The van der Waals surface area contributed by atoms with Crippen LogP contribution in [0.1, 0.15) is 85.0 Å². The third-order valence-corrected chi connectivity index (χ3v) is 18.6. The first kappa shape index (κ1) is 66.8. The minimum atomic E-state index is -1.03. The monoisotopic (exact) mass is 1520 g/mol. The summed E-state index contributed by atoms with van der Waals surface area (Å²) in [4.78, 5) is 29.0.